The molecule has 2 rings (SSSR count). The van der Waals surface area contributed by atoms with Gasteiger partial charge in [-0.05, 0) is 37.3 Å². The van der Waals surface area contributed by atoms with E-state index in [9.17, 15) is 17.6 Å². The Morgan fingerprint density at radius 1 is 1.22 bits per heavy atom. The monoisotopic (exact) mass is 435 g/mol. The van der Waals surface area contributed by atoms with Gasteiger partial charge in [0.2, 0.25) is 0 Å². The Kier molecular flexibility index (Phi) is 6.91. The van der Waals surface area contributed by atoms with Gasteiger partial charge in [0.1, 0.15) is 6.54 Å². The number of hydrogen-bond donors (Lipinski definition) is 0. The van der Waals surface area contributed by atoms with E-state index >= 15 is 0 Å². The van der Waals surface area contributed by atoms with E-state index < -0.39 is 28.4 Å². The predicted octanol–water partition coefficient (Wildman–Crippen LogP) is 3.90. The molecule has 0 amide bonds. The summed E-state index contributed by atoms with van der Waals surface area (Å²) < 4.78 is 50.6. The lowest BCUT2D eigenvalue weighted by molar-refractivity contribution is -0.141. The van der Waals surface area contributed by atoms with Crippen LogP contribution in [0.2, 0.25) is 10.0 Å². The van der Waals surface area contributed by atoms with Crippen molar-refractivity contribution in [3.63, 3.8) is 0 Å². The molecule has 0 N–H and O–H groups in total. The molecule has 146 valence electrons. The van der Waals surface area contributed by atoms with Crippen LogP contribution in [0.5, 0.6) is 5.75 Å². The lowest BCUT2D eigenvalue weighted by Crippen LogP contribution is -2.37. The maximum Gasteiger partial charge on any atom is 0.326 e. The lowest BCUT2D eigenvalue weighted by Gasteiger charge is -2.25. The standard InChI is InChI=1S/C17H16Cl2FNO5S/c1-3-26-16(22)10-21(14-6-4-5-12(18)17(14)19)27(23,24)11-7-8-15(25-2)13(20)9-11/h4-9H,3,10H2,1-2H3. The number of rotatable bonds is 7. The molecule has 27 heavy (non-hydrogen) atoms. The smallest absolute Gasteiger partial charge is 0.326 e. The minimum absolute atomic E-state index is 0.0338. The third kappa shape index (κ3) is 4.63. The molecule has 0 bridgehead atoms. The van der Waals surface area contributed by atoms with Gasteiger partial charge in [-0.15, -0.1) is 0 Å². The number of nitrogens with zero attached hydrogens (tertiary/aromatic N) is 1. The van der Waals surface area contributed by atoms with Crippen LogP contribution < -0.4 is 9.04 Å². The molecular formula is C17H16Cl2FNO5S. The molecule has 6 nitrogen and oxygen atoms in total. The average Bonchev–Trinajstić information content (AvgIpc) is 2.62. The van der Waals surface area contributed by atoms with Crippen molar-refractivity contribution in [2.24, 2.45) is 0 Å². The Labute approximate surface area is 166 Å². The molecule has 0 aliphatic carbocycles. The largest absolute Gasteiger partial charge is 0.494 e. The summed E-state index contributed by atoms with van der Waals surface area (Å²) in [5, 5.41) is 0.0279. The highest BCUT2D eigenvalue weighted by Gasteiger charge is 2.30. The first-order chi connectivity index (χ1) is 12.7. The second kappa shape index (κ2) is 8.77. The van der Waals surface area contributed by atoms with Gasteiger partial charge in [-0.3, -0.25) is 9.10 Å². The number of hydrogen-bond acceptors (Lipinski definition) is 5. The summed E-state index contributed by atoms with van der Waals surface area (Å²) in [7, 11) is -3.11. The predicted molar refractivity (Wildman–Crippen MR) is 101 cm³/mol. The van der Waals surface area contributed by atoms with E-state index in [-0.39, 0.29) is 33.0 Å². The summed E-state index contributed by atoms with van der Waals surface area (Å²) in [6, 6.07) is 7.45. The van der Waals surface area contributed by atoms with Crippen LogP contribution in [0.25, 0.3) is 0 Å². The van der Waals surface area contributed by atoms with Gasteiger partial charge >= 0.3 is 5.97 Å². The molecular weight excluding hydrogens is 420 g/mol. The first-order valence-corrected chi connectivity index (χ1v) is 9.87. The number of carbonyl (C=O) groups excluding carboxylic acids is 1. The minimum Gasteiger partial charge on any atom is -0.494 e. The fourth-order valence-corrected chi connectivity index (χ4v) is 4.12. The molecule has 2 aromatic carbocycles. The van der Waals surface area contributed by atoms with Crippen LogP contribution in [0.15, 0.2) is 41.3 Å². The normalized spacial score (nSPS) is 11.1. The van der Waals surface area contributed by atoms with Gasteiger partial charge < -0.3 is 9.47 Å². The van der Waals surface area contributed by atoms with Crippen LogP contribution in [-0.4, -0.2) is 34.6 Å². The minimum atomic E-state index is -4.36. The second-order valence-electron chi connectivity index (χ2n) is 5.19. The molecule has 0 aliphatic heterocycles. The molecule has 0 atom stereocenters. The molecule has 0 fully saturated rings. The number of esters is 1. The summed E-state index contributed by atoms with van der Waals surface area (Å²) >= 11 is 12.1. The van der Waals surface area contributed by atoms with Crippen molar-refractivity contribution in [3.8, 4) is 5.75 Å². The van der Waals surface area contributed by atoms with E-state index in [4.69, 9.17) is 32.7 Å². The number of halogens is 3. The van der Waals surface area contributed by atoms with E-state index in [1.807, 2.05) is 0 Å². The van der Waals surface area contributed by atoms with Crippen LogP contribution in [0.3, 0.4) is 0 Å². The average molecular weight is 436 g/mol. The van der Waals surface area contributed by atoms with Crippen molar-refractivity contribution in [1.82, 2.24) is 0 Å². The van der Waals surface area contributed by atoms with Gasteiger partial charge in [0, 0.05) is 0 Å². The zero-order chi connectivity index (χ0) is 20.2. The van der Waals surface area contributed by atoms with E-state index in [1.54, 1.807) is 6.92 Å². The Hall–Kier alpha value is -2.03. The quantitative estimate of drug-likeness (QED) is 0.616. The van der Waals surface area contributed by atoms with E-state index in [0.29, 0.717) is 0 Å². The Bertz CT molecular complexity index is 952. The molecule has 2 aromatic rings. The maximum atomic E-state index is 14.0. The number of anilines is 1. The maximum absolute atomic E-state index is 14.0. The molecule has 0 saturated heterocycles. The van der Waals surface area contributed by atoms with E-state index in [1.165, 1.54) is 31.4 Å². The van der Waals surface area contributed by atoms with Crippen molar-refractivity contribution in [2.45, 2.75) is 11.8 Å². The highest BCUT2D eigenvalue weighted by Crippen LogP contribution is 2.35. The van der Waals surface area contributed by atoms with Crippen LogP contribution in [0.1, 0.15) is 6.92 Å². The molecule has 0 spiro atoms. The highest BCUT2D eigenvalue weighted by atomic mass is 35.5. The van der Waals surface area contributed by atoms with E-state index in [2.05, 4.69) is 0 Å². The van der Waals surface area contributed by atoms with Crippen LogP contribution >= 0.6 is 23.2 Å². The molecule has 0 saturated carbocycles. The van der Waals surface area contributed by atoms with Crippen molar-refractivity contribution in [2.75, 3.05) is 24.6 Å². The Balaban J connectivity index is 2.59. The summed E-state index contributed by atoms with van der Waals surface area (Å²) in [4.78, 5) is 11.6. The number of carbonyl (C=O) groups is 1. The molecule has 0 aliphatic rings. The number of sulfonamides is 1. The summed E-state index contributed by atoms with van der Waals surface area (Å²) in [6.07, 6.45) is 0. The third-order valence-electron chi connectivity index (χ3n) is 3.49. The van der Waals surface area contributed by atoms with Gasteiger partial charge in [0.15, 0.2) is 11.6 Å². The highest BCUT2D eigenvalue weighted by molar-refractivity contribution is 7.92. The number of ether oxygens (including phenoxy) is 2. The van der Waals surface area contributed by atoms with Crippen LogP contribution in [0, 0.1) is 5.82 Å². The molecule has 10 heteroatoms. The molecule has 0 aromatic heterocycles. The second-order valence-corrected chi connectivity index (χ2v) is 7.83. The van der Waals surface area contributed by atoms with Gasteiger partial charge in [0.25, 0.3) is 10.0 Å². The summed E-state index contributed by atoms with van der Waals surface area (Å²) in [6.45, 7) is 0.985. The first kappa shape index (κ1) is 21.3. The van der Waals surface area contributed by atoms with E-state index in [0.717, 1.165) is 16.4 Å². The summed E-state index contributed by atoms with van der Waals surface area (Å²) in [5.74, 6) is -1.79. The topological polar surface area (TPSA) is 72.9 Å². The number of benzene rings is 2. The Morgan fingerprint density at radius 3 is 2.52 bits per heavy atom. The fraction of sp³-hybridized carbons (Fsp3) is 0.235. The summed E-state index contributed by atoms with van der Waals surface area (Å²) in [5.41, 5.74) is -0.0338. The third-order valence-corrected chi connectivity index (χ3v) is 6.05. The van der Waals surface area contributed by atoms with Crippen molar-refractivity contribution in [3.05, 3.63) is 52.3 Å². The van der Waals surface area contributed by atoms with Gasteiger partial charge in [0.05, 0.1) is 34.3 Å². The molecule has 0 unspecified atom stereocenters. The first-order valence-electron chi connectivity index (χ1n) is 7.68. The van der Waals surface area contributed by atoms with Gasteiger partial charge in [-0.1, -0.05) is 29.3 Å². The van der Waals surface area contributed by atoms with Crippen LogP contribution in [-0.2, 0) is 19.6 Å². The zero-order valence-corrected chi connectivity index (χ0v) is 16.7. The molecule has 0 heterocycles. The van der Waals surface area contributed by atoms with Gasteiger partial charge in [-0.2, -0.15) is 0 Å². The lowest BCUT2D eigenvalue weighted by atomic mass is 10.3. The van der Waals surface area contributed by atoms with Crippen molar-refractivity contribution in [1.29, 1.82) is 0 Å². The van der Waals surface area contributed by atoms with Gasteiger partial charge in [-0.25, -0.2) is 12.8 Å². The fourth-order valence-electron chi connectivity index (χ4n) is 2.24. The van der Waals surface area contributed by atoms with Crippen molar-refractivity contribution >= 4 is 44.9 Å². The number of methoxy groups -OCH3 is 1. The van der Waals surface area contributed by atoms with Crippen LogP contribution in [0.4, 0.5) is 10.1 Å². The molecule has 0 radical (unpaired) electrons. The SMILES string of the molecule is CCOC(=O)CN(c1cccc(Cl)c1Cl)S(=O)(=O)c1ccc(OC)c(F)c1. The van der Waals surface area contributed by atoms with Crippen molar-refractivity contribution < 1.29 is 27.1 Å². The zero-order valence-electron chi connectivity index (χ0n) is 14.4. The Morgan fingerprint density at radius 2 is 1.93 bits per heavy atom.